The summed E-state index contributed by atoms with van der Waals surface area (Å²) in [5.74, 6) is 0.558. The summed E-state index contributed by atoms with van der Waals surface area (Å²) in [4.78, 5) is 15.7. The minimum absolute atomic E-state index is 0.216. The van der Waals surface area contributed by atoms with Gasteiger partial charge in [-0.1, -0.05) is 5.16 Å². The predicted molar refractivity (Wildman–Crippen MR) is 60.0 cm³/mol. The van der Waals surface area contributed by atoms with Crippen molar-refractivity contribution in [1.82, 2.24) is 10.1 Å². The van der Waals surface area contributed by atoms with Crippen LogP contribution in [0.2, 0.25) is 0 Å². The number of nitrogens with zero attached hydrogens (tertiary/aromatic N) is 2. The van der Waals surface area contributed by atoms with Crippen molar-refractivity contribution in [2.24, 2.45) is 0 Å². The zero-order chi connectivity index (χ0) is 12.3. The third kappa shape index (κ3) is 2.41. The lowest BCUT2D eigenvalue weighted by atomic mass is 10.3. The number of hydrogen-bond acceptors (Lipinski definition) is 5. The Labute approximate surface area is 97.6 Å². The van der Waals surface area contributed by atoms with Crippen molar-refractivity contribution in [3.05, 3.63) is 35.9 Å². The molecule has 88 valence electrons. The molecule has 0 bridgehead atoms. The highest BCUT2D eigenvalue weighted by Crippen LogP contribution is 2.20. The van der Waals surface area contributed by atoms with E-state index in [1.807, 2.05) is 0 Å². The van der Waals surface area contributed by atoms with Crippen LogP contribution >= 0.6 is 0 Å². The van der Waals surface area contributed by atoms with Crippen LogP contribution in [0.25, 0.3) is 0 Å². The van der Waals surface area contributed by atoms with Gasteiger partial charge in [-0.25, -0.2) is 4.98 Å². The van der Waals surface area contributed by atoms with Crippen LogP contribution < -0.4 is 10.1 Å². The highest BCUT2D eigenvalue weighted by atomic mass is 16.5. The van der Waals surface area contributed by atoms with Crippen molar-refractivity contribution in [2.75, 3.05) is 12.4 Å². The number of pyridine rings is 1. The minimum Gasteiger partial charge on any atom is -0.480 e. The Morgan fingerprint density at radius 3 is 3.00 bits per heavy atom. The Bertz CT molecular complexity index is 536. The molecule has 17 heavy (non-hydrogen) atoms. The van der Waals surface area contributed by atoms with Gasteiger partial charge in [-0.15, -0.1) is 0 Å². The van der Waals surface area contributed by atoms with Gasteiger partial charge in [-0.05, 0) is 19.1 Å². The van der Waals surface area contributed by atoms with E-state index in [9.17, 15) is 4.79 Å². The van der Waals surface area contributed by atoms with Crippen molar-refractivity contribution >= 4 is 11.6 Å². The summed E-state index contributed by atoms with van der Waals surface area (Å²) in [5.41, 5.74) is 0.703. The number of hydrogen-bond donors (Lipinski definition) is 1. The number of aromatic nitrogens is 2. The highest BCUT2D eigenvalue weighted by molar-refractivity contribution is 6.03. The van der Waals surface area contributed by atoms with Crippen LogP contribution in [0, 0.1) is 6.92 Å². The molecule has 0 aliphatic heterocycles. The van der Waals surface area contributed by atoms with Gasteiger partial charge in [0.15, 0.2) is 5.69 Å². The third-order valence-electron chi connectivity index (χ3n) is 2.07. The summed E-state index contributed by atoms with van der Waals surface area (Å²) in [6.45, 7) is 1.72. The van der Waals surface area contributed by atoms with Crippen LogP contribution in [0.3, 0.4) is 0 Å². The van der Waals surface area contributed by atoms with Crippen LogP contribution in [0.15, 0.2) is 28.9 Å². The molecule has 2 rings (SSSR count). The molecule has 0 atom stereocenters. The molecule has 1 N–H and O–H groups in total. The van der Waals surface area contributed by atoms with Crippen molar-refractivity contribution in [2.45, 2.75) is 6.92 Å². The summed E-state index contributed by atoms with van der Waals surface area (Å²) < 4.78 is 9.84. The van der Waals surface area contributed by atoms with Gasteiger partial charge in [0.25, 0.3) is 5.91 Å². The van der Waals surface area contributed by atoms with Crippen molar-refractivity contribution in [1.29, 1.82) is 0 Å². The first-order chi connectivity index (χ1) is 8.20. The molecule has 0 aliphatic carbocycles. The molecule has 0 spiro atoms. The first-order valence-corrected chi connectivity index (χ1v) is 4.94. The molecule has 6 heteroatoms. The van der Waals surface area contributed by atoms with E-state index in [1.54, 1.807) is 31.3 Å². The van der Waals surface area contributed by atoms with Crippen LogP contribution in [0.4, 0.5) is 5.69 Å². The number of carbonyl (C=O) groups is 1. The second-order valence-electron chi connectivity index (χ2n) is 3.34. The maximum Gasteiger partial charge on any atom is 0.277 e. The number of aryl methyl sites for hydroxylation is 1. The zero-order valence-corrected chi connectivity index (χ0v) is 9.43. The van der Waals surface area contributed by atoms with E-state index in [0.29, 0.717) is 17.3 Å². The molecule has 0 saturated carbocycles. The van der Waals surface area contributed by atoms with Gasteiger partial charge in [0.2, 0.25) is 5.88 Å². The summed E-state index contributed by atoms with van der Waals surface area (Å²) in [6, 6.07) is 4.95. The Kier molecular flexibility index (Phi) is 3.04. The highest BCUT2D eigenvalue weighted by Gasteiger charge is 2.13. The SMILES string of the molecule is COc1ncccc1NC(=O)c1cc(C)on1. The first-order valence-electron chi connectivity index (χ1n) is 4.94. The van der Waals surface area contributed by atoms with Gasteiger partial charge >= 0.3 is 0 Å². The number of nitrogens with one attached hydrogen (secondary N) is 1. The average Bonchev–Trinajstić information content (AvgIpc) is 2.77. The molecule has 1 amide bonds. The van der Waals surface area contributed by atoms with E-state index < -0.39 is 0 Å². The molecule has 0 unspecified atom stereocenters. The summed E-state index contributed by atoms with van der Waals surface area (Å²) in [6.07, 6.45) is 1.58. The molecule has 0 fully saturated rings. The molecule has 2 aromatic rings. The molecule has 0 saturated heterocycles. The molecule has 2 aromatic heterocycles. The van der Waals surface area contributed by atoms with E-state index in [-0.39, 0.29) is 11.6 Å². The fraction of sp³-hybridized carbons (Fsp3) is 0.182. The molecule has 0 aliphatic rings. The molecular formula is C11H11N3O3. The minimum atomic E-state index is -0.367. The van der Waals surface area contributed by atoms with Crippen LogP contribution in [0.1, 0.15) is 16.2 Å². The number of methoxy groups -OCH3 is 1. The van der Waals surface area contributed by atoms with Crippen molar-refractivity contribution in [3.63, 3.8) is 0 Å². The Hall–Kier alpha value is -2.37. The third-order valence-corrected chi connectivity index (χ3v) is 2.07. The van der Waals surface area contributed by atoms with E-state index in [2.05, 4.69) is 15.5 Å². The lowest BCUT2D eigenvalue weighted by Crippen LogP contribution is -2.13. The average molecular weight is 233 g/mol. The van der Waals surface area contributed by atoms with Gasteiger partial charge in [-0.2, -0.15) is 0 Å². The normalized spacial score (nSPS) is 10.0. The summed E-state index contributed by atoms with van der Waals surface area (Å²) >= 11 is 0. The summed E-state index contributed by atoms with van der Waals surface area (Å²) in [7, 11) is 1.48. The molecule has 0 radical (unpaired) electrons. The molecule has 2 heterocycles. The van der Waals surface area contributed by atoms with Crippen LogP contribution in [-0.4, -0.2) is 23.2 Å². The van der Waals surface area contributed by atoms with Gasteiger partial charge in [0.05, 0.1) is 7.11 Å². The molecular weight excluding hydrogens is 222 g/mol. The lowest BCUT2D eigenvalue weighted by Gasteiger charge is -2.06. The second-order valence-corrected chi connectivity index (χ2v) is 3.34. The monoisotopic (exact) mass is 233 g/mol. The predicted octanol–water partition coefficient (Wildman–Crippen LogP) is 1.64. The fourth-order valence-corrected chi connectivity index (χ4v) is 1.31. The number of anilines is 1. The number of amides is 1. The van der Waals surface area contributed by atoms with E-state index in [0.717, 1.165) is 0 Å². The van der Waals surface area contributed by atoms with Crippen molar-refractivity contribution in [3.8, 4) is 5.88 Å². The molecule has 0 aromatic carbocycles. The zero-order valence-electron chi connectivity index (χ0n) is 9.43. The van der Waals surface area contributed by atoms with Gasteiger partial charge in [0, 0.05) is 12.3 Å². The summed E-state index contributed by atoms with van der Waals surface area (Å²) in [5, 5.41) is 6.26. The van der Waals surface area contributed by atoms with E-state index >= 15 is 0 Å². The number of ether oxygens (including phenoxy) is 1. The largest absolute Gasteiger partial charge is 0.480 e. The Morgan fingerprint density at radius 2 is 2.35 bits per heavy atom. The molecule has 6 nitrogen and oxygen atoms in total. The van der Waals surface area contributed by atoms with Gasteiger partial charge < -0.3 is 14.6 Å². The van der Waals surface area contributed by atoms with Gasteiger partial charge in [-0.3, -0.25) is 4.79 Å². The number of carbonyl (C=O) groups excluding carboxylic acids is 1. The van der Waals surface area contributed by atoms with Gasteiger partial charge in [0.1, 0.15) is 11.4 Å². The first kappa shape index (κ1) is 11.1. The lowest BCUT2D eigenvalue weighted by molar-refractivity contribution is 0.101. The Morgan fingerprint density at radius 1 is 1.53 bits per heavy atom. The number of rotatable bonds is 3. The Balaban J connectivity index is 2.18. The quantitative estimate of drug-likeness (QED) is 0.871. The smallest absolute Gasteiger partial charge is 0.277 e. The van der Waals surface area contributed by atoms with E-state index in [1.165, 1.54) is 7.11 Å². The standard InChI is InChI=1S/C11H11N3O3/c1-7-6-9(14-17-7)10(15)13-8-4-3-5-12-11(8)16-2/h3-6H,1-2H3,(H,13,15). The van der Waals surface area contributed by atoms with E-state index in [4.69, 9.17) is 9.26 Å². The van der Waals surface area contributed by atoms with Crippen molar-refractivity contribution < 1.29 is 14.1 Å². The second kappa shape index (κ2) is 4.65. The van der Waals surface area contributed by atoms with Crippen LogP contribution in [-0.2, 0) is 0 Å². The maximum atomic E-state index is 11.8. The van der Waals surface area contributed by atoms with Crippen LogP contribution in [0.5, 0.6) is 5.88 Å². The maximum absolute atomic E-state index is 11.8. The fourth-order valence-electron chi connectivity index (χ4n) is 1.31. The topological polar surface area (TPSA) is 77.2 Å².